The fraction of sp³-hybridized carbons (Fsp3) is 0.400. The molecule has 5 nitrogen and oxygen atoms in total. The van der Waals surface area contributed by atoms with Gasteiger partial charge in [0.1, 0.15) is 17.7 Å². The second kappa shape index (κ2) is 4.44. The van der Waals surface area contributed by atoms with Crippen molar-refractivity contribution in [2.24, 2.45) is 5.73 Å². The lowest BCUT2D eigenvalue weighted by Gasteiger charge is -2.34. The van der Waals surface area contributed by atoms with Crippen LogP contribution in [-0.4, -0.2) is 36.6 Å². The van der Waals surface area contributed by atoms with Gasteiger partial charge >= 0.3 is 0 Å². The first-order valence-electron chi connectivity index (χ1n) is 5.07. The van der Waals surface area contributed by atoms with Crippen LogP contribution in [0.3, 0.4) is 0 Å². The molecule has 0 aliphatic carbocycles. The molecule has 0 spiro atoms. The molecule has 1 fully saturated rings. The second-order valence-corrected chi connectivity index (χ2v) is 3.65. The molecule has 1 aliphatic rings. The largest absolute Gasteiger partial charge is 0.368 e. The van der Waals surface area contributed by atoms with Gasteiger partial charge in [0.25, 0.3) is 0 Å². The first-order chi connectivity index (χ1) is 7.68. The third kappa shape index (κ3) is 2.11. The number of pyridine rings is 1. The van der Waals surface area contributed by atoms with Crippen LogP contribution in [0, 0.1) is 5.82 Å². The monoisotopic (exact) mass is 224 g/mol. The molecule has 2 rings (SSSR count). The molecule has 1 aliphatic heterocycles. The Bertz CT molecular complexity index is 381. The number of anilines is 1. The first-order valence-corrected chi connectivity index (χ1v) is 5.07. The van der Waals surface area contributed by atoms with E-state index in [1.807, 2.05) is 0 Å². The second-order valence-electron chi connectivity index (χ2n) is 3.65. The molecular formula is C10H13FN4O. The van der Waals surface area contributed by atoms with Gasteiger partial charge in [-0.15, -0.1) is 0 Å². The summed E-state index contributed by atoms with van der Waals surface area (Å²) < 4.78 is 12.7. The highest BCUT2D eigenvalue weighted by Gasteiger charge is 2.27. The van der Waals surface area contributed by atoms with Crippen molar-refractivity contribution in [1.29, 1.82) is 0 Å². The van der Waals surface area contributed by atoms with E-state index in [0.717, 1.165) is 12.7 Å². The van der Waals surface area contributed by atoms with Gasteiger partial charge in [-0.05, 0) is 12.1 Å². The van der Waals surface area contributed by atoms with Crippen LogP contribution in [0.25, 0.3) is 0 Å². The molecule has 86 valence electrons. The summed E-state index contributed by atoms with van der Waals surface area (Å²) in [6, 6.07) is 2.45. The minimum absolute atomic E-state index is 0.394. The van der Waals surface area contributed by atoms with Crippen LogP contribution in [0.5, 0.6) is 0 Å². The summed E-state index contributed by atoms with van der Waals surface area (Å²) >= 11 is 0. The molecule has 1 saturated heterocycles. The molecule has 0 saturated carbocycles. The third-order valence-electron chi connectivity index (χ3n) is 2.58. The van der Waals surface area contributed by atoms with E-state index >= 15 is 0 Å². The number of nitrogens with zero attached hydrogens (tertiary/aromatic N) is 2. The van der Waals surface area contributed by atoms with Crippen LogP contribution < -0.4 is 16.0 Å². The quantitative estimate of drug-likeness (QED) is 0.709. The van der Waals surface area contributed by atoms with Crippen molar-refractivity contribution in [2.45, 2.75) is 6.04 Å². The minimum Gasteiger partial charge on any atom is -0.368 e. The molecule has 3 N–H and O–H groups in total. The van der Waals surface area contributed by atoms with Gasteiger partial charge in [-0.2, -0.15) is 0 Å². The van der Waals surface area contributed by atoms with Crippen molar-refractivity contribution >= 4 is 11.7 Å². The zero-order valence-corrected chi connectivity index (χ0v) is 8.69. The Balaban J connectivity index is 2.23. The van der Waals surface area contributed by atoms with Crippen LogP contribution in [0.1, 0.15) is 0 Å². The molecule has 16 heavy (non-hydrogen) atoms. The number of halogens is 1. The number of carbonyl (C=O) groups excluding carboxylic acids is 1. The zero-order valence-electron chi connectivity index (χ0n) is 8.69. The van der Waals surface area contributed by atoms with Crippen LogP contribution in [0.2, 0.25) is 0 Å². The summed E-state index contributed by atoms with van der Waals surface area (Å²) in [5.41, 5.74) is 5.30. The highest BCUT2D eigenvalue weighted by molar-refractivity contribution is 5.83. The minimum atomic E-state index is -0.424. The van der Waals surface area contributed by atoms with Crippen molar-refractivity contribution in [3.8, 4) is 0 Å². The summed E-state index contributed by atoms with van der Waals surface area (Å²) in [4.78, 5) is 17.0. The maximum Gasteiger partial charge on any atom is 0.241 e. The Kier molecular flexibility index (Phi) is 3.00. The predicted octanol–water partition coefficient (Wildman–Crippen LogP) is -0.516. The van der Waals surface area contributed by atoms with Gasteiger partial charge in [0, 0.05) is 19.6 Å². The maximum absolute atomic E-state index is 12.7. The third-order valence-corrected chi connectivity index (χ3v) is 2.58. The predicted molar refractivity (Wildman–Crippen MR) is 57.4 cm³/mol. The van der Waals surface area contributed by atoms with Crippen LogP contribution in [0.4, 0.5) is 10.2 Å². The number of nitrogens with two attached hydrogens (primary N) is 1. The van der Waals surface area contributed by atoms with Gasteiger partial charge < -0.3 is 16.0 Å². The lowest BCUT2D eigenvalue weighted by atomic mass is 10.2. The van der Waals surface area contributed by atoms with Gasteiger partial charge in [-0.3, -0.25) is 4.79 Å². The van der Waals surface area contributed by atoms with E-state index in [0.29, 0.717) is 18.9 Å². The highest BCUT2D eigenvalue weighted by Crippen LogP contribution is 2.15. The molecule has 1 aromatic heterocycles. The summed E-state index contributed by atoms with van der Waals surface area (Å²) in [5, 5.41) is 3.08. The highest BCUT2D eigenvalue weighted by atomic mass is 19.1. The van der Waals surface area contributed by atoms with E-state index in [4.69, 9.17) is 5.73 Å². The number of hydrogen-bond donors (Lipinski definition) is 2. The summed E-state index contributed by atoms with van der Waals surface area (Å²) in [6.45, 7) is 1.88. The van der Waals surface area contributed by atoms with E-state index in [2.05, 4.69) is 10.3 Å². The molecule has 1 atom stereocenters. The van der Waals surface area contributed by atoms with Gasteiger partial charge in [-0.1, -0.05) is 0 Å². The number of amides is 1. The molecule has 6 heteroatoms. The Morgan fingerprint density at radius 2 is 2.44 bits per heavy atom. The molecular weight excluding hydrogens is 211 g/mol. The summed E-state index contributed by atoms with van der Waals surface area (Å²) in [7, 11) is 0. The number of nitrogens with one attached hydrogen (secondary N) is 1. The van der Waals surface area contributed by atoms with Crippen LogP contribution in [-0.2, 0) is 4.79 Å². The Morgan fingerprint density at radius 1 is 1.62 bits per heavy atom. The number of aromatic nitrogens is 1. The number of piperazine rings is 1. The van der Waals surface area contributed by atoms with Gasteiger partial charge in [0.15, 0.2) is 0 Å². The Morgan fingerprint density at radius 3 is 3.06 bits per heavy atom. The lowest BCUT2D eigenvalue weighted by Crippen LogP contribution is -2.57. The van der Waals surface area contributed by atoms with Crippen molar-refractivity contribution in [1.82, 2.24) is 10.3 Å². The first kappa shape index (κ1) is 10.8. The molecule has 1 amide bonds. The van der Waals surface area contributed by atoms with E-state index in [1.165, 1.54) is 6.07 Å². The molecule has 2 heterocycles. The van der Waals surface area contributed by atoms with Gasteiger partial charge in [0.05, 0.1) is 6.20 Å². The van der Waals surface area contributed by atoms with E-state index in [-0.39, 0.29) is 0 Å². The fourth-order valence-corrected chi connectivity index (χ4v) is 1.77. The molecule has 1 unspecified atom stereocenters. The van der Waals surface area contributed by atoms with Crippen molar-refractivity contribution in [2.75, 3.05) is 24.5 Å². The van der Waals surface area contributed by atoms with Crippen molar-refractivity contribution in [3.63, 3.8) is 0 Å². The summed E-state index contributed by atoms with van der Waals surface area (Å²) in [6.07, 6.45) is 1.13. The maximum atomic E-state index is 12.7. The topological polar surface area (TPSA) is 71.2 Å². The lowest BCUT2D eigenvalue weighted by molar-refractivity contribution is -0.119. The van der Waals surface area contributed by atoms with E-state index < -0.39 is 17.8 Å². The van der Waals surface area contributed by atoms with E-state index in [1.54, 1.807) is 11.0 Å². The Hall–Kier alpha value is -1.69. The van der Waals surface area contributed by atoms with Gasteiger partial charge in [0.2, 0.25) is 5.91 Å². The summed E-state index contributed by atoms with van der Waals surface area (Å²) in [5.74, 6) is -0.223. The number of primary amides is 1. The van der Waals surface area contributed by atoms with Crippen LogP contribution >= 0.6 is 0 Å². The fourth-order valence-electron chi connectivity index (χ4n) is 1.77. The molecule has 0 aromatic carbocycles. The zero-order chi connectivity index (χ0) is 11.5. The SMILES string of the molecule is NC(=O)C1CNCCN1c1ccc(F)cn1. The van der Waals surface area contributed by atoms with E-state index in [9.17, 15) is 9.18 Å². The average molecular weight is 224 g/mol. The number of hydrogen-bond acceptors (Lipinski definition) is 4. The average Bonchev–Trinajstić information content (AvgIpc) is 2.30. The molecule has 0 bridgehead atoms. The Labute approximate surface area is 92.4 Å². The molecule has 0 radical (unpaired) electrons. The number of rotatable bonds is 2. The van der Waals surface area contributed by atoms with Crippen molar-refractivity contribution in [3.05, 3.63) is 24.1 Å². The number of carbonyl (C=O) groups is 1. The molecule has 1 aromatic rings. The van der Waals surface area contributed by atoms with Crippen LogP contribution in [0.15, 0.2) is 18.3 Å². The van der Waals surface area contributed by atoms with Crippen molar-refractivity contribution < 1.29 is 9.18 Å². The standard InChI is InChI=1S/C10H13FN4O/c11-7-1-2-9(14-5-7)15-4-3-13-6-8(15)10(12)16/h1-2,5,8,13H,3-4,6H2,(H2,12,16). The van der Waals surface area contributed by atoms with Gasteiger partial charge in [-0.25, -0.2) is 9.37 Å². The smallest absolute Gasteiger partial charge is 0.241 e. The normalized spacial score (nSPS) is 20.8.